The predicted molar refractivity (Wildman–Crippen MR) is 75.5 cm³/mol. The van der Waals surface area contributed by atoms with Gasteiger partial charge in [0.05, 0.1) is 11.5 Å². The minimum atomic E-state index is -0.426. The van der Waals surface area contributed by atoms with Gasteiger partial charge in [0.2, 0.25) is 5.82 Å². The van der Waals surface area contributed by atoms with E-state index in [0.717, 1.165) is 11.1 Å². The van der Waals surface area contributed by atoms with Crippen LogP contribution in [0.2, 0.25) is 0 Å². The second-order valence-electron chi connectivity index (χ2n) is 4.43. The standard InChI is InChI=1S/C14H11N5O2/c20-19(21)13-8-6-11(7-9-13)10-18-16-14(15-17-18)12-4-2-1-3-5-12/h1-9H,10H2. The summed E-state index contributed by atoms with van der Waals surface area (Å²) in [6.07, 6.45) is 0. The van der Waals surface area contributed by atoms with Crippen LogP contribution >= 0.6 is 0 Å². The van der Waals surface area contributed by atoms with E-state index >= 15 is 0 Å². The van der Waals surface area contributed by atoms with Gasteiger partial charge in [-0.25, -0.2) is 0 Å². The fraction of sp³-hybridized carbons (Fsp3) is 0.0714. The zero-order chi connectivity index (χ0) is 14.7. The highest BCUT2D eigenvalue weighted by molar-refractivity contribution is 5.52. The Kier molecular flexibility index (Phi) is 3.38. The molecule has 0 aliphatic heterocycles. The Hall–Kier alpha value is -3.09. The maximum atomic E-state index is 10.6. The van der Waals surface area contributed by atoms with E-state index in [1.165, 1.54) is 16.9 Å². The van der Waals surface area contributed by atoms with Crippen molar-refractivity contribution in [2.45, 2.75) is 6.54 Å². The minimum absolute atomic E-state index is 0.0651. The van der Waals surface area contributed by atoms with Crippen LogP contribution in [0.4, 0.5) is 5.69 Å². The Morgan fingerprint density at radius 1 is 1.05 bits per heavy atom. The first-order valence-corrected chi connectivity index (χ1v) is 6.29. The first-order valence-electron chi connectivity index (χ1n) is 6.29. The van der Waals surface area contributed by atoms with Crippen LogP contribution in [0.15, 0.2) is 54.6 Å². The second kappa shape index (κ2) is 5.49. The molecule has 0 unspecified atom stereocenters. The van der Waals surface area contributed by atoms with E-state index in [1.807, 2.05) is 30.3 Å². The summed E-state index contributed by atoms with van der Waals surface area (Å²) >= 11 is 0. The van der Waals surface area contributed by atoms with Crippen molar-refractivity contribution < 1.29 is 4.92 Å². The highest BCUT2D eigenvalue weighted by Crippen LogP contribution is 2.14. The molecular weight excluding hydrogens is 270 g/mol. The van der Waals surface area contributed by atoms with Gasteiger partial charge < -0.3 is 0 Å². The van der Waals surface area contributed by atoms with Crippen LogP contribution in [0, 0.1) is 10.1 Å². The number of aromatic nitrogens is 4. The second-order valence-corrected chi connectivity index (χ2v) is 4.43. The molecular formula is C14H11N5O2. The van der Waals surface area contributed by atoms with Gasteiger partial charge >= 0.3 is 0 Å². The number of rotatable bonds is 4. The van der Waals surface area contributed by atoms with Crippen molar-refractivity contribution in [3.05, 3.63) is 70.3 Å². The Balaban J connectivity index is 1.77. The fourth-order valence-electron chi connectivity index (χ4n) is 1.90. The zero-order valence-corrected chi connectivity index (χ0v) is 11.0. The maximum Gasteiger partial charge on any atom is 0.269 e. The van der Waals surface area contributed by atoms with Gasteiger partial charge in [-0.15, -0.1) is 10.2 Å². The molecule has 3 aromatic rings. The lowest BCUT2D eigenvalue weighted by Crippen LogP contribution is -2.04. The highest BCUT2D eigenvalue weighted by Gasteiger charge is 2.07. The van der Waals surface area contributed by atoms with Crippen molar-refractivity contribution in [3.8, 4) is 11.4 Å². The van der Waals surface area contributed by atoms with Gasteiger partial charge in [-0.3, -0.25) is 10.1 Å². The van der Waals surface area contributed by atoms with Crippen molar-refractivity contribution >= 4 is 5.69 Å². The predicted octanol–water partition coefficient (Wildman–Crippen LogP) is 2.30. The Morgan fingerprint density at radius 3 is 2.43 bits per heavy atom. The van der Waals surface area contributed by atoms with E-state index in [0.29, 0.717) is 12.4 Å². The lowest BCUT2D eigenvalue weighted by Gasteiger charge is -1.99. The Labute approximate surface area is 120 Å². The number of tetrazole rings is 1. The lowest BCUT2D eigenvalue weighted by molar-refractivity contribution is -0.384. The molecule has 3 rings (SSSR count). The average Bonchev–Trinajstić information content (AvgIpc) is 2.97. The summed E-state index contributed by atoms with van der Waals surface area (Å²) in [6.45, 7) is 0.415. The van der Waals surface area contributed by atoms with Crippen molar-refractivity contribution in [2.75, 3.05) is 0 Å². The van der Waals surface area contributed by atoms with Gasteiger partial charge in [0.1, 0.15) is 0 Å². The van der Waals surface area contributed by atoms with Crippen LogP contribution in [0.5, 0.6) is 0 Å². The molecule has 0 saturated carbocycles. The molecule has 21 heavy (non-hydrogen) atoms. The largest absolute Gasteiger partial charge is 0.269 e. The fourth-order valence-corrected chi connectivity index (χ4v) is 1.90. The molecule has 0 N–H and O–H groups in total. The van der Waals surface area contributed by atoms with Gasteiger partial charge in [-0.05, 0) is 10.8 Å². The molecule has 0 saturated heterocycles. The highest BCUT2D eigenvalue weighted by atomic mass is 16.6. The molecule has 0 spiro atoms. The molecule has 0 bridgehead atoms. The van der Waals surface area contributed by atoms with Crippen LogP contribution in [0.25, 0.3) is 11.4 Å². The van der Waals surface area contributed by atoms with E-state index < -0.39 is 4.92 Å². The van der Waals surface area contributed by atoms with E-state index in [2.05, 4.69) is 15.4 Å². The number of nitro groups is 1. The van der Waals surface area contributed by atoms with Crippen LogP contribution < -0.4 is 0 Å². The average molecular weight is 281 g/mol. The van der Waals surface area contributed by atoms with Crippen LogP contribution in [-0.2, 0) is 6.54 Å². The number of hydrogen-bond donors (Lipinski definition) is 0. The van der Waals surface area contributed by atoms with Gasteiger partial charge in [-0.2, -0.15) is 4.80 Å². The smallest absolute Gasteiger partial charge is 0.258 e. The Bertz CT molecular complexity index is 753. The van der Waals surface area contributed by atoms with Crippen molar-refractivity contribution in [2.24, 2.45) is 0 Å². The minimum Gasteiger partial charge on any atom is -0.258 e. The summed E-state index contributed by atoms with van der Waals surface area (Å²) in [6, 6.07) is 15.9. The number of hydrogen-bond acceptors (Lipinski definition) is 5. The summed E-state index contributed by atoms with van der Waals surface area (Å²) < 4.78 is 0. The summed E-state index contributed by atoms with van der Waals surface area (Å²) in [4.78, 5) is 11.6. The third-order valence-electron chi connectivity index (χ3n) is 2.96. The number of benzene rings is 2. The van der Waals surface area contributed by atoms with Gasteiger partial charge in [-0.1, -0.05) is 42.5 Å². The van der Waals surface area contributed by atoms with Crippen LogP contribution in [-0.4, -0.2) is 25.1 Å². The first-order chi connectivity index (χ1) is 10.2. The number of non-ortho nitro benzene ring substituents is 1. The molecule has 2 aromatic carbocycles. The molecule has 104 valence electrons. The van der Waals surface area contributed by atoms with Crippen LogP contribution in [0.1, 0.15) is 5.56 Å². The third kappa shape index (κ3) is 2.92. The molecule has 0 atom stereocenters. The van der Waals surface area contributed by atoms with E-state index in [1.54, 1.807) is 12.1 Å². The SMILES string of the molecule is O=[N+]([O-])c1ccc(Cn2nnc(-c3ccccc3)n2)cc1. The molecule has 0 aliphatic rings. The van der Waals surface area contributed by atoms with Gasteiger partial charge in [0.25, 0.3) is 5.69 Å². The monoisotopic (exact) mass is 281 g/mol. The molecule has 7 heteroatoms. The molecule has 0 radical (unpaired) electrons. The van der Waals surface area contributed by atoms with E-state index in [-0.39, 0.29) is 5.69 Å². The lowest BCUT2D eigenvalue weighted by atomic mass is 10.2. The Morgan fingerprint density at radius 2 is 1.76 bits per heavy atom. The molecule has 0 fully saturated rings. The summed E-state index contributed by atoms with van der Waals surface area (Å²) in [5, 5.41) is 22.9. The summed E-state index contributed by atoms with van der Waals surface area (Å²) in [5.41, 5.74) is 1.83. The zero-order valence-electron chi connectivity index (χ0n) is 11.0. The summed E-state index contributed by atoms with van der Waals surface area (Å²) in [7, 11) is 0. The third-order valence-corrected chi connectivity index (χ3v) is 2.96. The molecule has 1 heterocycles. The van der Waals surface area contributed by atoms with Gasteiger partial charge in [0, 0.05) is 17.7 Å². The first kappa shape index (κ1) is 12.9. The van der Waals surface area contributed by atoms with E-state index in [4.69, 9.17) is 0 Å². The molecule has 0 amide bonds. The molecule has 0 aliphatic carbocycles. The number of nitro benzene ring substituents is 1. The van der Waals surface area contributed by atoms with Crippen LogP contribution in [0.3, 0.4) is 0 Å². The van der Waals surface area contributed by atoms with Crippen molar-refractivity contribution in [1.82, 2.24) is 20.2 Å². The number of nitrogens with zero attached hydrogens (tertiary/aromatic N) is 5. The quantitative estimate of drug-likeness (QED) is 0.541. The topological polar surface area (TPSA) is 86.7 Å². The van der Waals surface area contributed by atoms with Gasteiger partial charge in [0.15, 0.2) is 0 Å². The van der Waals surface area contributed by atoms with E-state index in [9.17, 15) is 10.1 Å². The van der Waals surface area contributed by atoms with Crippen molar-refractivity contribution in [3.63, 3.8) is 0 Å². The molecule has 1 aromatic heterocycles. The molecule has 7 nitrogen and oxygen atoms in total. The van der Waals surface area contributed by atoms with Crippen molar-refractivity contribution in [1.29, 1.82) is 0 Å². The normalized spacial score (nSPS) is 10.5. The summed E-state index contributed by atoms with van der Waals surface area (Å²) in [5.74, 6) is 0.553. The maximum absolute atomic E-state index is 10.6.